The first-order valence-corrected chi connectivity index (χ1v) is 3.85. The fourth-order valence-electron chi connectivity index (χ4n) is 1.01. The van der Waals surface area contributed by atoms with Crippen molar-refractivity contribution in [2.45, 2.75) is 0 Å². The molecule has 0 radical (unpaired) electrons. The van der Waals surface area contributed by atoms with Crippen molar-refractivity contribution >= 4 is 11.7 Å². The molecule has 0 fully saturated rings. The quantitative estimate of drug-likeness (QED) is 0.536. The van der Waals surface area contributed by atoms with Crippen LogP contribution in [0.2, 0.25) is 0 Å². The van der Waals surface area contributed by atoms with Gasteiger partial charge in [-0.3, -0.25) is 0 Å². The van der Waals surface area contributed by atoms with Gasteiger partial charge in [0.2, 0.25) is 0 Å². The van der Waals surface area contributed by atoms with Crippen LogP contribution in [0.15, 0.2) is 18.2 Å². The highest BCUT2D eigenvalue weighted by atomic mass is 19.1. The molecule has 0 saturated carbocycles. The van der Waals surface area contributed by atoms with Crippen molar-refractivity contribution in [3.63, 3.8) is 0 Å². The van der Waals surface area contributed by atoms with Crippen molar-refractivity contribution in [1.82, 2.24) is 0 Å². The third kappa shape index (κ3) is 1.93. The molecule has 0 heterocycles. The molecule has 1 aromatic rings. The van der Waals surface area contributed by atoms with Gasteiger partial charge in [0.25, 0.3) is 5.69 Å². The Hall–Kier alpha value is -1.78. The zero-order valence-corrected chi connectivity index (χ0v) is 7.78. The number of nitroso groups, excluding NO2 is 1. The summed E-state index contributed by atoms with van der Waals surface area (Å²) in [6.07, 6.45) is 0. The van der Waals surface area contributed by atoms with E-state index >= 15 is 0 Å². The summed E-state index contributed by atoms with van der Waals surface area (Å²) in [5.74, 6) is -1.38. The summed E-state index contributed by atoms with van der Waals surface area (Å²) in [6, 6.07) is 3.53. The molecular formula is C9H9FNO3+. The van der Waals surface area contributed by atoms with Crippen LogP contribution in [0.3, 0.4) is 0 Å². The number of nitrogens with zero attached hydrogens (tertiary/aromatic N) is 1. The fourth-order valence-corrected chi connectivity index (χ4v) is 1.01. The molecule has 1 rings (SSSR count). The minimum atomic E-state index is -0.745. The molecule has 0 amide bonds. The summed E-state index contributed by atoms with van der Waals surface area (Å²) >= 11 is 0. The minimum Gasteiger partial charge on any atom is -0.465 e. The Morgan fingerprint density at radius 2 is 2.14 bits per heavy atom. The van der Waals surface area contributed by atoms with Crippen LogP contribution in [0.25, 0.3) is 0 Å². The first-order valence-electron chi connectivity index (χ1n) is 3.85. The van der Waals surface area contributed by atoms with E-state index in [1.807, 2.05) is 0 Å². The predicted molar refractivity (Wildman–Crippen MR) is 47.0 cm³/mol. The molecule has 0 bridgehead atoms. The number of ether oxygens (including phenoxy) is 1. The second kappa shape index (κ2) is 3.95. The van der Waals surface area contributed by atoms with Gasteiger partial charge in [0, 0.05) is 15.7 Å². The van der Waals surface area contributed by atoms with Crippen LogP contribution in [0.5, 0.6) is 0 Å². The van der Waals surface area contributed by atoms with Gasteiger partial charge in [-0.2, -0.15) is 4.39 Å². The molecule has 14 heavy (non-hydrogen) atoms. The Labute approximate surface area is 79.9 Å². The van der Waals surface area contributed by atoms with Crippen molar-refractivity contribution in [1.29, 1.82) is 0 Å². The Bertz CT molecular complexity index is 390. The number of esters is 1. The highest BCUT2D eigenvalue weighted by Crippen LogP contribution is 2.17. The SMILES string of the molecule is COC(=O)c1ccc([N+](C)=O)c(F)c1. The van der Waals surface area contributed by atoms with Crippen molar-refractivity contribution in [3.8, 4) is 0 Å². The molecule has 0 atom stereocenters. The Kier molecular flexibility index (Phi) is 2.91. The minimum absolute atomic E-state index is 0.0793. The largest absolute Gasteiger partial charge is 0.465 e. The number of rotatable bonds is 2. The molecule has 0 aliphatic heterocycles. The van der Waals surface area contributed by atoms with Gasteiger partial charge in [-0.1, -0.05) is 0 Å². The monoisotopic (exact) mass is 198 g/mol. The van der Waals surface area contributed by atoms with Crippen LogP contribution in [0, 0.1) is 10.7 Å². The van der Waals surface area contributed by atoms with Gasteiger partial charge in [0.15, 0.2) is 12.9 Å². The number of carbonyl (C=O) groups is 1. The molecule has 5 heteroatoms. The van der Waals surface area contributed by atoms with Crippen molar-refractivity contribution < 1.29 is 18.7 Å². The van der Waals surface area contributed by atoms with Crippen LogP contribution in [0.1, 0.15) is 10.4 Å². The lowest BCUT2D eigenvalue weighted by Gasteiger charge is -1.98. The molecule has 4 nitrogen and oxygen atoms in total. The Balaban J connectivity index is 3.12. The summed E-state index contributed by atoms with van der Waals surface area (Å²) in [5, 5.41) is 0. The normalized spacial score (nSPS) is 9.64. The zero-order valence-electron chi connectivity index (χ0n) is 7.78. The van der Waals surface area contributed by atoms with E-state index in [4.69, 9.17) is 0 Å². The van der Waals surface area contributed by atoms with Gasteiger partial charge in [-0.25, -0.2) is 4.79 Å². The van der Waals surface area contributed by atoms with Gasteiger partial charge >= 0.3 is 5.97 Å². The molecule has 0 aliphatic carbocycles. The maximum atomic E-state index is 13.1. The van der Waals surface area contributed by atoms with Gasteiger partial charge in [-0.15, -0.1) is 0 Å². The summed E-state index contributed by atoms with van der Waals surface area (Å²) in [6.45, 7) is 0. The van der Waals surface area contributed by atoms with Gasteiger partial charge in [-0.05, 0) is 12.1 Å². The summed E-state index contributed by atoms with van der Waals surface area (Å²) in [5.41, 5.74) is -0.0340. The van der Waals surface area contributed by atoms with Crippen molar-refractivity contribution in [2.75, 3.05) is 14.2 Å². The lowest BCUT2D eigenvalue weighted by molar-refractivity contribution is -0.430. The van der Waals surface area contributed by atoms with Crippen LogP contribution in [-0.2, 0) is 4.74 Å². The maximum absolute atomic E-state index is 13.1. The average molecular weight is 198 g/mol. The molecule has 0 saturated heterocycles. The predicted octanol–water partition coefficient (Wildman–Crippen LogP) is 1.65. The second-order valence-corrected chi connectivity index (χ2v) is 2.66. The van der Waals surface area contributed by atoms with Crippen LogP contribution < -0.4 is 0 Å². The van der Waals surface area contributed by atoms with E-state index in [0.29, 0.717) is 4.76 Å². The second-order valence-electron chi connectivity index (χ2n) is 2.66. The van der Waals surface area contributed by atoms with E-state index in [9.17, 15) is 14.1 Å². The van der Waals surface area contributed by atoms with Gasteiger partial charge in [0.05, 0.1) is 12.7 Å². The van der Waals surface area contributed by atoms with Crippen molar-refractivity contribution in [2.24, 2.45) is 0 Å². The number of benzene rings is 1. The average Bonchev–Trinajstić information content (AvgIpc) is 2.15. The van der Waals surface area contributed by atoms with Crippen molar-refractivity contribution in [3.05, 3.63) is 34.5 Å². The number of methoxy groups -OCH3 is 1. The fraction of sp³-hybridized carbons (Fsp3) is 0.222. The van der Waals surface area contributed by atoms with E-state index in [2.05, 4.69) is 4.74 Å². The van der Waals surface area contributed by atoms with Gasteiger partial charge in [0.1, 0.15) is 0 Å². The zero-order chi connectivity index (χ0) is 10.7. The third-order valence-electron chi connectivity index (χ3n) is 1.71. The molecule has 0 aromatic heterocycles. The summed E-state index contributed by atoms with van der Waals surface area (Å²) in [7, 11) is 2.38. The molecule has 74 valence electrons. The van der Waals surface area contributed by atoms with E-state index in [1.54, 1.807) is 0 Å². The first-order chi connectivity index (χ1) is 6.56. The number of halogens is 1. The topological polar surface area (TPSA) is 46.4 Å². The van der Waals surface area contributed by atoms with Gasteiger partial charge < -0.3 is 4.74 Å². The summed E-state index contributed by atoms with van der Waals surface area (Å²) < 4.78 is 17.9. The van der Waals surface area contributed by atoms with E-state index < -0.39 is 11.8 Å². The molecule has 0 aliphatic rings. The highest BCUT2D eigenvalue weighted by molar-refractivity contribution is 5.89. The third-order valence-corrected chi connectivity index (χ3v) is 1.71. The van der Waals surface area contributed by atoms with Crippen LogP contribution in [0.4, 0.5) is 10.1 Å². The standard InChI is InChI=1S/C9H9FNO3/c1-11(13)8-4-3-6(5-7(8)10)9(12)14-2/h3-5H,1-2H3/q+1. The molecule has 0 N–H and O–H groups in total. The lowest BCUT2D eigenvalue weighted by Crippen LogP contribution is -2.03. The number of hydrogen-bond acceptors (Lipinski definition) is 3. The Morgan fingerprint density at radius 3 is 2.57 bits per heavy atom. The van der Waals surface area contributed by atoms with E-state index in [-0.39, 0.29) is 11.3 Å². The van der Waals surface area contributed by atoms with Crippen LogP contribution in [-0.4, -0.2) is 24.9 Å². The first kappa shape index (κ1) is 10.3. The van der Waals surface area contributed by atoms with E-state index in [1.165, 1.54) is 26.3 Å². The number of hydrogen-bond donors (Lipinski definition) is 0. The molecule has 1 aromatic carbocycles. The Morgan fingerprint density at radius 1 is 1.50 bits per heavy atom. The van der Waals surface area contributed by atoms with Crippen LogP contribution >= 0.6 is 0 Å². The smallest absolute Gasteiger partial charge is 0.337 e. The molecule has 0 spiro atoms. The highest BCUT2D eigenvalue weighted by Gasteiger charge is 2.17. The van der Waals surface area contributed by atoms with E-state index in [0.717, 1.165) is 6.07 Å². The number of carbonyl (C=O) groups excluding carboxylic acids is 1. The maximum Gasteiger partial charge on any atom is 0.337 e. The molecular weight excluding hydrogens is 189 g/mol. The lowest BCUT2D eigenvalue weighted by atomic mass is 10.2. The molecule has 0 unspecified atom stereocenters. The summed E-state index contributed by atoms with van der Waals surface area (Å²) in [4.78, 5) is 21.7.